The van der Waals surface area contributed by atoms with Crippen LogP contribution in [0.2, 0.25) is 0 Å². The Kier molecular flexibility index (Phi) is 5.36. The highest BCUT2D eigenvalue weighted by Gasteiger charge is 2.41. The largest absolute Gasteiger partial charge is 0.400 e. The van der Waals surface area contributed by atoms with Gasteiger partial charge in [0.2, 0.25) is 0 Å². The number of alkyl halides is 3. The quantitative estimate of drug-likeness (QED) is 0.733. The van der Waals surface area contributed by atoms with Gasteiger partial charge in [-0.05, 0) is 5.92 Å². The van der Waals surface area contributed by atoms with Gasteiger partial charge in [0.1, 0.15) is 5.92 Å². The van der Waals surface area contributed by atoms with Crippen LogP contribution in [0.15, 0.2) is 0 Å². The van der Waals surface area contributed by atoms with Crippen LogP contribution in [0.4, 0.5) is 13.2 Å². The first-order chi connectivity index (χ1) is 6.25. The lowest BCUT2D eigenvalue weighted by atomic mass is 10.1. The SMILES string of the molecule is CC(C)COCC(C(N)=S)C(F)(F)F. The lowest BCUT2D eigenvalue weighted by Gasteiger charge is -2.19. The Balaban J connectivity index is 4.07. The Hall–Kier alpha value is -0.360. The van der Waals surface area contributed by atoms with Crippen LogP contribution in [0.3, 0.4) is 0 Å². The molecule has 2 nitrogen and oxygen atoms in total. The number of thiocarbonyl (C=S) groups is 1. The second-order valence-electron chi connectivity index (χ2n) is 3.43. The molecule has 0 saturated heterocycles. The molecule has 0 heterocycles. The molecule has 0 fully saturated rings. The predicted octanol–water partition coefficient (Wildman–Crippen LogP) is 2.12. The van der Waals surface area contributed by atoms with Crippen LogP contribution in [0.5, 0.6) is 0 Å². The number of rotatable bonds is 5. The van der Waals surface area contributed by atoms with Crippen molar-refractivity contribution in [3.05, 3.63) is 0 Å². The molecule has 0 radical (unpaired) electrons. The van der Waals surface area contributed by atoms with E-state index in [9.17, 15) is 13.2 Å². The fourth-order valence-corrected chi connectivity index (χ4v) is 0.961. The van der Waals surface area contributed by atoms with E-state index in [4.69, 9.17) is 10.5 Å². The summed E-state index contributed by atoms with van der Waals surface area (Å²) in [6, 6.07) is 0. The first-order valence-electron chi connectivity index (χ1n) is 4.19. The maximum atomic E-state index is 12.2. The standard InChI is InChI=1S/C8H14F3NOS/c1-5(2)3-13-4-6(7(12)14)8(9,10)11/h5-6H,3-4H2,1-2H3,(H2,12,14). The van der Waals surface area contributed by atoms with Crippen molar-refractivity contribution in [1.82, 2.24) is 0 Å². The third-order valence-corrected chi connectivity index (χ3v) is 1.76. The average Bonchev–Trinajstić information content (AvgIpc) is 1.94. The summed E-state index contributed by atoms with van der Waals surface area (Å²) in [5.41, 5.74) is 4.97. The third kappa shape index (κ3) is 5.39. The van der Waals surface area contributed by atoms with Crippen molar-refractivity contribution in [1.29, 1.82) is 0 Å². The van der Waals surface area contributed by atoms with Crippen LogP contribution in [-0.4, -0.2) is 24.4 Å². The fourth-order valence-electron chi connectivity index (χ4n) is 0.760. The summed E-state index contributed by atoms with van der Waals surface area (Å²) in [5.74, 6) is -1.65. The van der Waals surface area contributed by atoms with Crippen molar-refractivity contribution in [2.24, 2.45) is 17.6 Å². The molecule has 6 heteroatoms. The minimum absolute atomic E-state index is 0.190. The van der Waals surface area contributed by atoms with Crippen LogP contribution < -0.4 is 5.73 Å². The Morgan fingerprint density at radius 3 is 2.14 bits per heavy atom. The highest BCUT2D eigenvalue weighted by molar-refractivity contribution is 7.80. The third-order valence-electron chi connectivity index (χ3n) is 1.47. The average molecular weight is 229 g/mol. The van der Waals surface area contributed by atoms with Crippen molar-refractivity contribution in [2.45, 2.75) is 20.0 Å². The molecule has 84 valence electrons. The molecule has 0 aromatic heterocycles. The summed E-state index contributed by atoms with van der Waals surface area (Å²) < 4.78 is 41.6. The lowest BCUT2D eigenvalue weighted by Crippen LogP contribution is -2.38. The first kappa shape index (κ1) is 13.6. The van der Waals surface area contributed by atoms with Crippen LogP contribution in [0.25, 0.3) is 0 Å². The Labute approximate surface area is 86.6 Å². The van der Waals surface area contributed by atoms with Gasteiger partial charge in [0, 0.05) is 6.61 Å². The van der Waals surface area contributed by atoms with Crippen molar-refractivity contribution >= 4 is 17.2 Å². The highest BCUT2D eigenvalue weighted by atomic mass is 32.1. The van der Waals surface area contributed by atoms with Gasteiger partial charge in [0.25, 0.3) is 0 Å². The highest BCUT2D eigenvalue weighted by Crippen LogP contribution is 2.26. The molecule has 0 aromatic rings. The van der Waals surface area contributed by atoms with Crippen LogP contribution in [0, 0.1) is 11.8 Å². The monoisotopic (exact) mass is 229 g/mol. The van der Waals surface area contributed by atoms with Crippen molar-refractivity contribution in [2.75, 3.05) is 13.2 Å². The zero-order chi connectivity index (χ0) is 11.4. The van der Waals surface area contributed by atoms with E-state index in [1.54, 1.807) is 0 Å². The van der Waals surface area contributed by atoms with Gasteiger partial charge in [-0.15, -0.1) is 0 Å². The molecular weight excluding hydrogens is 215 g/mol. The van der Waals surface area contributed by atoms with E-state index in [1.807, 2.05) is 13.8 Å². The molecule has 0 aromatic carbocycles. The van der Waals surface area contributed by atoms with Gasteiger partial charge >= 0.3 is 6.18 Å². The Morgan fingerprint density at radius 1 is 1.36 bits per heavy atom. The smallest absolute Gasteiger partial charge is 0.393 e. The number of halogens is 3. The summed E-state index contributed by atoms with van der Waals surface area (Å²) in [6.07, 6.45) is -4.41. The Bertz CT molecular complexity index is 194. The summed E-state index contributed by atoms with van der Waals surface area (Å²) in [6.45, 7) is 3.49. The van der Waals surface area contributed by atoms with E-state index in [1.165, 1.54) is 0 Å². The maximum absolute atomic E-state index is 12.2. The van der Waals surface area contributed by atoms with Crippen molar-refractivity contribution in [3.63, 3.8) is 0 Å². The summed E-state index contributed by atoms with van der Waals surface area (Å²) in [7, 11) is 0. The van der Waals surface area contributed by atoms with E-state index in [-0.39, 0.29) is 12.5 Å². The molecule has 0 amide bonds. The number of hydrogen-bond donors (Lipinski definition) is 1. The molecule has 0 aliphatic heterocycles. The van der Waals surface area contributed by atoms with Crippen LogP contribution in [0.1, 0.15) is 13.8 Å². The summed E-state index contributed by atoms with van der Waals surface area (Å²) >= 11 is 4.32. The van der Waals surface area contributed by atoms with Gasteiger partial charge in [-0.1, -0.05) is 26.1 Å². The maximum Gasteiger partial charge on any atom is 0.400 e. The van der Waals surface area contributed by atoms with E-state index in [0.29, 0.717) is 0 Å². The van der Waals surface area contributed by atoms with Crippen LogP contribution >= 0.6 is 12.2 Å². The molecule has 0 spiro atoms. The number of ether oxygens (including phenoxy) is 1. The molecule has 1 unspecified atom stereocenters. The van der Waals surface area contributed by atoms with Crippen LogP contribution in [-0.2, 0) is 4.74 Å². The molecule has 2 N–H and O–H groups in total. The topological polar surface area (TPSA) is 35.2 Å². The van der Waals surface area contributed by atoms with Crippen molar-refractivity contribution < 1.29 is 17.9 Å². The zero-order valence-electron chi connectivity index (χ0n) is 8.10. The van der Waals surface area contributed by atoms with E-state index >= 15 is 0 Å². The van der Waals surface area contributed by atoms with Gasteiger partial charge in [0.05, 0.1) is 11.6 Å². The first-order valence-corrected chi connectivity index (χ1v) is 4.59. The van der Waals surface area contributed by atoms with Gasteiger partial charge in [-0.2, -0.15) is 13.2 Å². The van der Waals surface area contributed by atoms with Gasteiger partial charge < -0.3 is 10.5 Å². The molecule has 0 aliphatic carbocycles. The summed E-state index contributed by atoms with van der Waals surface area (Å²) in [5, 5.41) is 0. The Morgan fingerprint density at radius 2 is 1.86 bits per heavy atom. The fraction of sp³-hybridized carbons (Fsp3) is 0.875. The van der Waals surface area contributed by atoms with E-state index in [2.05, 4.69) is 12.2 Å². The lowest BCUT2D eigenvalue weighted by molar-refractivity contribution is -0.168. The minimum atomic E-state index is -4.41. The second-order valence-corrected chi connectivity index (χ2v) is 3.90. The minimum Gasteiger partial charge on any atom is -0.393 e. The zero-order valence-corrected chi connectivity index (χ0v) is 8.91. The van der Waals surface area contributed by atoms with Crippen molar-refractivity contribution in [3.8, 4) is 0 Å². The van der Waals surface area contributed by atoms with Gasteiger partial charge in [0.15, 0.2) is 0 Å². The van der Waals surface area contributed by atoms with E-state index < -0.39 is 23.7 Å². The predicted molar refractivity (Wildman–Crippen MR) is 52.0 cm³/mol. The summed E-state index contributed by atoms with van der Waals surface area (Å²) in [4.78, 5) is -0.568. The molecule has 14 heavy (non-hydrogen) atoms. The molecule has 0 rings (SSSR count). The van der Waals surface area contributed by atoms with E-state index in [0.717, 1.165) is 0 Å². The normalized spacial score (nSPS) is 14.4. The number of nitrogens with two attached hydrogens (primary N) is 1. The second kappa shape index (κ2) is 5.50. The molecule has 1 atom stereocenters. The molecular formula is C8H14F3NOS. The molecule has 0 bridgehead atoms. The van der Waals surface area contributed by atoms with Gasteiger partial charge in [-0.3, -0.25) is 0 Å². The molecule has 0 aliphatic rings. The molecule has 0 saturated carbocycles. The number of hydrogen-bond acceptors (Lipinski definition) is 2. The van der Waals surface area contributed by atoms with Gasteiger partial charge in [-0.25, -0.2) is 0 Å².